The van der Waals surface area contributed by atoms with Crippen molar-refractivity contribution in [3.63, 3.8) is 0 Å². The second kappa shape index (κ2) is 6.91. The molecule has 4 N–H and O–H groups in total. The number of amides is 2. The Morgan fingerprint density at radius 3 is 2.69 bits per heavy atom. The number of hydrogen-bond acceptors (Lipinski definition) is 5. The number of carbonyl (C=O) groups is 2. The predicted octanol–water partition coefficient (Wildman–Crippen LogP) is 0.323. The van der Waals surface area contributed by atoms with Crippen LogP contribution in [-0.4, -0.2) is 56.8 Å². The highest BCUT2D eigenvalue weighted by molar-refractivity contribution is 5.93. The molecule has 2 fully saturated rings. The maximum absolute atomic E-state index is 12.4. The van der Waals surface area contributed by atoms with Crippen LogP contribution in [0.4, 0.5) is 5.82 Å². The summed E-state index contributed by atoms with van der Waals surface area (Å²) in [4.78, 5) is 47.0. The summed E-state index contributed by atoms with van der Waals surface area (Å²) in [5.74, 6) is 0.109. The van der Waals surface area contributed by atoms with E-state index in [4.69, 9.17) is 0 Å². The summed E-state index contributed by atoms with van der Waals surface area (Å²) in [7, 11) is 0. The fraction of sp³-hybridized carbons (Fsp3) is 0.529. The van der Waals surface area contributed by atoms with Gasteiger partial charge in [-0.25, -0.2) is 9.78 Å². The van der Waals surface area contributed by atoms with Crippen molar-refractivity contribution in [1.29, 1.82) is 0 Å². The number of pyridine rings is 1. The van der Waals surface area contributed by atoms with Crippen LogP contribution in [0.25, 0.3) is 11.2 Å². The molecule has 2 aromatic rings. The van der Waals surface area contributed by atoms with E-state index in [9.17, 15) is 14.4 Å². The Kier molecular flexibility index (Phi) is 4.46. The number of carbonyl (C=O) groups excluding carboxylic acids is 2. The molecule has 2 bridgehead atoms. The Morgan fingerprint density at radius 1 is 1.15 bits per heavy atom. The normalized spacial score (nSPS) is 22.4. The molecule has 4 rings (SSSR count). The van der Waals surface area contributed by atoms with Crippen LogP contribution in [0.3, 0.4) is 0 Å². The molecule has 2 amide bonds. The summed E-state index contributed by atoms with van der Waals surface area (Å²) in [6.45, 7) is 1.46. The molecular formula is C17H22N6O3. The Morgan fingerprint density at radius 2 is 1.92 bits per heavy atom. The molecule has 9 nitrogen and oxygen atoms in total. The lowest BCUT2D eigenvalue weighted by molar-refractivity contribution is -0.135. The summed E-state index contributed by atoms with van der Waals surface area (Å²) in [5, 5.41) is 6.21. The number of likely N-dealkylation sites (tertiary alicyclic amines) is 1. The molecule has 2 aromatic heterocycles. The minimum Gasteiger partial charge on any atom is -0.340 e. The van der Waals surface area contributed by atoms with Gasteiger partial charge in [0.2, 0.25) is 11.8 Å². The lowest BCUT2D eigenvalue weighted by Crippen LogP contribution is -2.59. The molecule has 0 aromatic carbocycles. The number of fused-ring (bicyclic) bond motifs is 3. The van der Waals surface area contributed by atoms with E-state index in [1.807, 2.05) is 4.90 Å². The van der Waals surface area contributed by atoms with Gasteiger partial charge < -0.3 is 20.5 Å². The van der Waals surface area contributed by atoms with E-state index >= 15 is 0 Å². The molecule has 9 heteroatoms. The van der Waals surface area contributed by atoms with Gasteiger partial charge in [-0.2, -0.15) is 0 Å². The number of piperazine rings is 1. The average molecular weight is 358 g/mol. The van der Waals surface area contributed by atoms with Crippen LogP contribution in [0.1, 0.15) is 32.1 Å². The van der Waals surface area contributed by atoms with E-state index < -0.39 is 0 Å². The molecule has 2 aliphatic rings. The maximum atomic E-state index is 12.4. The Labute approximate surface area is 149 Å². The van der Waals surface area contributed by atoms with Crippen LogP contribution in [0.15, 0.2) is 16.9 Å². The molecule has 0 aliphatic carbocycles. The van der Waals surface area contributed by atoms with Gasteiger partial charge in [-0.05, 0) is 25.0 Å². The molecule has 0 saturated carbocycles. The van der Waals surface area contributed by atoms with E-state index in [1.165, 1.54) is 6.42 Å². The van der Waals surface area contributed by atoms with E-state index in [2.05, 4.69) is 25.6 Å². The van der Waals surface area contributed by atoms with Crippen molar-refractivity contribution in [2.45, 2.75) is 44.2 Å². The molecule has 2 unspecified atom stereocenters. The van der Waals surface area contributed by atoms with Crippen molar-refractivity contribution in [3.8, 4) is 0 Å². The monoisotopic (exact) mass is 358 g/mol. The summed E-state index contributed by atoms with van der Waals surface area (Å²) < 4.78 is 0. The topological polar surface area (TPSA) is 123 Å². The van der Waals surface area contributed by atoms with Crippen molar-refractivity contribution in [1.82, 2.24) is 25.2 Å². The number of nitrogens with one attached hydrogen (secondary N) is 4. The summed E-state index contributed by atoms with van der Waals surface area (Å²) in [6.07, 6.45) is 3.73. The second-order valence-electron chi connectivity index (χ2n) is 7.01. The molecule has 138 valence electrons. The third-order valence-electron chi connectivity index (χ3n) is 5.02. The first kappa shape index (κ1) is 16.8. The lowest BCUT2D eigenvalue weighted by atomic mass is 9.94. The van der Waals surface area contributed by atoms with E-state index in [-0.39, 0.29) is 30.3 Å². The fourth-order valence-corrected chi connectivity index (χ4v) is 3.78. The molecule has 2 aliphatic heterocycles. The van der Waals surface area contributed by atoms with Crippen LogP contribution >= 0.6 is 0 Å². The van der Waals surface area contributed by atoms with Crippen molar-refractivity contribution in [2.24, 2.45) is 0 Å². The van der Waals surface area contributed by atoms with Gasteiger partial charge in [0.05, 0.1) is 5.52 Å². The average Bonchev–Trinajstić information content (AvgIpc) is 2.98. The predicted molar refractivity (Wildman–Crippen MR) is 95.7 cm³/mol. The number of H-pyrrole nitrogens is 2. The van der Waals surface area contributed by atoms with Gasteiger partial charge in [-0.3, -0.25) is 14.6 Å². The minimum absolute atomic E-state index is 0.0249. The largest absolute Gasteiger partial charge is 0.340 e. The first-order chi connectivity index (χ1) is 12.6. The molecule has 4 heterocycles. The number of piperidine rings is 1. The maximum Gasteiger partial charge on any atom is 0.325 e. The SMILES string of the molecule is O=C(CCC(=O)N1CC2CCCC(C1)N2)Nc1ccc2[nH]c(=O)[nH]c2n1. The summed E-state index contributed by atoms with van der Waals surface area (Å²) in [5.41, 5.74) is 0.617. The molecular weight excluding hydrogens is 336 g/mol. The highest BCUT2D eigenvalue weighted by Gasteiger charge is 2.31. The Bertz CT molecular complexity index is 876. The van der Waals surface area contributed by atoms with Crippen LogP contribution in [0.5, 0.6) is 0 Å². The van der Waals surface area contributed by atoms with Crippen LogP contribution in [0.2, 0.25) is 0 Å². The zero-order chi connectivity index (χ0) is 18.1. The van der Waals surface area contributed by atoms with Gasteiger partial charge >= 0.3 is 5.69 Å². The molecule has 2 saturated heterocycles. The first-order valence-electron chi connectivity index (χ1n) is 8.99. The van der Waals surface area contributed by atoms with Crippen molar-refractivity contribution < 1.29 is 9.59 Å². The van der Waals surface area contributed by atoms with E-state index in [1.54, 1.807) is 12.1 Å². The zero-order valence-corrected chi connectivity index (χ0v) is 14.4. The molecule has 0 radical (unpaired) electrons. The molecule has 26 heavy (non-hydrogen) atoms. The van der Waals surface area contributed by atoms with E-state index in [0.29, 0.717) is 29.1 Å². The van der Waals surface area contributed by atoms with E-state index in [0.717, 1.165) is 25.9 Å². The second-order valence-corrected chi connectivity index (χ2v) is 7.01. The first-order valence-corrected chi connectivity index (χ1v) is 8.99. The van der Waals surface area contributed by atoms with Gasteiger partial charge in [-0.15, -0.1) is 0 Å². The highest BCUT2D eigenvalue weighted by atomic mass is 16.2. The number of anilines is 1. The van der Waals surface area contributed by atoms with Crippen molar-refractivity contribution in [2.75, 3.05) is 18.4 Å². The summed E-state index contributed by atoms with van der Waals surface area (Å²) in [6, 6.07) is 4.06. The Balaban J connectivity index is 1.30. The van der Waals surface area contributed by atoms with Crippen molar-refractivity contribution >= 4 is 28.8 Å². The third-order valence-corrected chi connectivity index (χ3v) is 5.02. The fourth-order valence-electron chi connectivity index (χ4n) is 3.78. The van der Waals surface area contributed by atoms with Gasteiger partial charge in [0.15, 0.2) is 5.65 Å². The van der Waals surface area contributed by atoms with Crippen LogP contribution < -0.4 is 16.3 Å². The number of imidazole rings is 1. The van der Waals surface area contributed by atoms with Gasteiger partial charge in [-0.1, -0.05) is 6.42 Å². The number of rotatable bonds is 4. The quantitative estimate of drug-likeness (QED) is 0.627. The number of hydrogen-bond donors (Lipinski definition) is 4. The van der Waals surface area contributed by atoms with Crippen LogP contribution in [0, 0.1) is 0 Å². The minimum atomic E-state index is -0.345. The van der Waals surface area contributed by atoms with Crippen molar-refractivity contribution in [3.05, 3.63) is 22.6 Å². The third kappa shape index (κ3) is 3.62. The zero-order valence-electron chi connectivity index (χ0n) is 14.4. The van der Waals surface area contributed by atoms with Gasteiger partial charge in [0.1, 0.15) is 5.82 Å². The number of nitrogens with zero attached hydrogens (tertiary/aromatic N) is 2. The number of aromatic nitrogens is 3. The van der Waals surface area contributed by atoms with Gasteiger partial charge in [0, 0.05) is 38.0 Å². The lowest BCUT2D eigenvalue weighted by Gasteiger charge is -2.42. The smallest absolute Gasteiger partial charge is 0.325 e. The molecule has 0 spiro atoms. The Hall–Kier alpha value is -2.68. The standard InChI is InChI=1S/C17H22N6O3/c24-14(20-13-5-4-12-16(21-13)22-17(26)19-12)6-7-15(25)23-8-10-2-1-3-11(9-23)18-10/h4-5,10-11,18H,1-3,6-9H2,(H3,19,20,21,22,24,26). The molecule has 2 atom stereocenters. The van der Waals surface area contributed by atoms with Gasteiger partial charge in [0.25, 0.3) is 0 Å². The number of aromatic amines is 2. The summed E-state index contributed by atoms with van der Waals surface area (Å²) >= 11 is 0. The highest BCUT2D eigenvalue weighted by Crippen LogP contribution is 2.20. The van der Waals surface area contributed by atoms with Crippen LogP contribution in [-0.2, 0) is 9.59 Å².